The van der Waals surface area contributed by atoms with Crippen LogP contribution in [-0.4, -0.2) is 35.0 Å². The van der Waals surface area contributed by atoms with Crippen molar-refractivity contribution in [3.05, 3.63) is 0 Å². The Morgan fingerprint density at radius 3 is 2.10 bits per heavy atom. The second-order valence-electron chi connectivity index (χ2n) is 1.89. The summed E-state index contributed by atoms with van der Waals surface area (Å²) in [5, 5.41) is 16.4. The molecule has 0 bridgehead atoms. The van der Waals surface area contributed by atoms with E-state index in [1.54, 1.807) is 0 Å². The number of ketones is 2. The fourth-order valence-corrected chi connectivity index (χ4v) is 0.489. The van der Waals surface area contributed by atoms with Crippen molar-refractivity contribution in [2.75, 3.05) is 13.2 Å². The predicted molar refractivity (Wildman–Crippen MR) is 33.4 cm³/mol. The van der Waals surface area contributed by atoms with Crippen LogP contribution in [0.1, 0.15) is 12.8 Å². The van der Waals surface area contributed by atoms with Crippen LogP contribution in [-0.2, 0) is 9.59 Å². The first-order chi connectivity index (χ1) is 4.70. The SMILES string of the molecule is O=C(CO)CC(=O)CCO. The van der Waals surface area contributed by atoms with Crippen molar-refractivity contribution in [3.8, 4) is 0 Å². The molecule has 0 heterocycles. The Hall–Kier alpha value is -0.740. The molecule has 4 heteroatoms. The second kappa shape index (κ2) is 5.08. The van der Waals surface area contributed by atoms with Crippen LogP contribution in [0.15, 0.2) is 0 Å². The Morgan fingerprint density at radius 2 is 1.70 bits per heavy atom. The van der Waals surface area contributed by atoms with Crippen LogP contribution in [0.25, 0.3) is 0 Å². The number of aliphatic hydroxyl groups is 2. The van der Waals surface area contributed by atoms with Crippen LogP contribution in [0.4, 0.5) is 0 Å². The first-order valence-electron chi connectivity index (χ1n) is 2.95. The maximum absolute atomic E-state index is 10.5. The second-order valence-corrected chi connectivity index (χ2v) is 1.89. The monoisotopic (exact) mass is 146 g/mol. The zero-order valence-corrected chi connectivity index (χ0v) is 5.54. The van der Waals surface area contributed by atoms with Gasteiger partial charge in [-0.15, -0.1) is 0 Å². The smallest absolute Gasteiger partial charge is 0.165 e. The van der Waals surface area contributed by atoms with Gasteiger partial charge in [-0.1, -0.05) is 0 Å². The molecule has 0 radical (unpaired) electrons. The topological polar surface area (TPSA) is 74.6 Å². The van der Waals surface area contributed by atoms with Gasteiger partial charge in [0.2, 0.25) is 0 Å². The van der Waals surface area contributed by atoms with Gasteiger partial charge in [0, 0.05) is 13.0 Å². The van der Waals surface area contributed by atoms with Gasteiger partial charge in [-0.05, 0) is 0 Å². The highest BCUT2D eigenvalue weighted by atomic mass is 16.3. The Labute approximate surface area is 58.5 Å². The van der Waals surface area contributed by atoms with E-state index in [0.29, 0.717) is 0 Å². The molecule has 58 valence electrons. The van der Waals surface area contributed by atoms with Gasteiger partial charge in [0.25, 0.3) is 0 Å². The van der Waals surface area contributed by atoms with E-state index in [1.807, 2.05) is 0 Å². The minimum atomic E-state index is -0.600. The molecular weight excluding hydrogens is 136 g/mol. The summed E-state index contributed by atoms with van der Waals surface area (Å²) in [6, 6.07) is 0. The van der Waals surface area contributed by atoms with Crippen LogP contribution >= 0.6 is 0 Å². The number of carbonyl (C=O) groups is 2. The quantitative estimate of drug-likeness (QED) is 0.482. The van der Waals surface area contributed by atoms with Crippen molar-refractivity contribution < 1.29 is 19.8 Å². The van der Waals surface area contributed by atoms with E-state index in [1.165, 1.54) is 0 Å². The van der Waals surface area contributed by atoms with E-state index in [9.17, 15) is 9.59 Å². The van der Waals surface area contributed by atoms with Crippen LogP contribution in [0, 0.1) is 0 Å². The maximum atomic E-state index is 10.5. The average molecular weight is 146 g/mol. The van der Waals surface area contributed by atoms with Gasteiger partial charge in [-0.25, -0.2) is 0 Å². The Balaban J connectivity index is 3.47. The van der Waals surface area contributed by atoms with E-state index in [-0.39, 0.29) is 25.2 Å². The summed E-state index contributed by atoms with van der Waals surface area (Å²) in [5.74, 6) is -0.833. The number of aliphatic hydroxyl groups excluding tert-OH is 2. The molecule has 0 atom stereocenters. The highest BCUT2D eigenvalue weighted by molar-refractivity contribution is 5.99. The molecule has 0 aliphatic heterocycles. The fraction of sp³-hybridized carbons (Fsp3) is 0.667. The number of hydrogen-bond donors (Lipinski definition) is 2. The third-order valence-corrected chi connectivity index (χ3v) is 0.961. The van der Waals surface area contributed by atoms with Gasteiger partial charge in [0.1, 0.15) is 12.4 Å². The van der Waals surface area contributed by atoms with Crippen molar-refractivity contribution >= 4 is 11.6 Å². The van der Waals surface area contributed by atoms with Crippen LogP contribution in [0.3, 0.4) is 0 Å². The number of rotatable bonds is 5. The van der Waals surface area contributed by atoms with E-state index in [0.717, 1.165) is 0 Å². The Morgan fingerprint density at radius 1 is 1.10 bits per heavy atom. The Bertz CT molecular complexity index is 130. The van der Waals surface area contributed by atoms with Crippen LogP contribution in [0.5, 0.6) is 0 Å². The molecule has 0 aromatic rings. The molecule has 0 aromatic carbocycles. The lowest BCUT2D eigenvalue weighted by molar-refractivity contribution is -0.128. The predicted octanol–water partition coefficient (Wildman–Crippen LogP) is -1.11. The van der Waals surface area contributed by atoms with Gasteiger partial charge in [0.15, 0.2) is 5.78 Å². The molecule has 4 nitrogen and oxygen atoms in total. The van der Waals surface area contributed by atoms with Gasteiger partial charge >= 0.3 is 0 Å². The minimum Gasteiger partial charge on any atom is -0.396 e. The first kappa shape index (κ1) is 9.26. The molecule has 0 rings (SSSR count). The van der Waals surface area contributed by atoms with Gasteiger partial charge in [0.05, 0.1) is 6.42 Å². The van der Waals surface area contributed by atoms with Crippen molar-refractivity contribution in [2.24, 2.45) is 0 Å². The number of Topliss-reactive ketones (excluding diaryl/α,β-unsaturated/α-hetero) is 2. The summed E-state index contributed by atoms with van der Waals surface area (Å²) in [4.78, 5) is 20.9. The molecule has 0 saturated heterocycles. The molecule has 0 fully saturated rings. The van der Waals surface area contributed by atoms with E-state index >= 15 is 0 Å². The van der Waals surface area contributed by atoms with Crippen molar-refractivity contribution in [3.63, 3.8) is 0 Å². The third kappa shape index (κ3) is 4.17. The van der Waals surface area contributed by atoms with Gasteiger partial charge < -0.3 is 10.2 Å². The molecule has 0 saturated carbocycles. The maximum Gasteiger partial charge on any atom is 0.165 e. The zero-order chi connectivity index (χ0) is 7.98. The van der Waals surface area contributed by atoms with Gasteiger partial charge in [-0.3, -0.25) is 9.59 Å². The molecule has 0 aliphatic rings. The Kier molecular flexibility index (Phi) is 4.70. The van der Waals surface area contributed by atoms with Crippen LogP contribution in [0.2, 0.25) is 0 Å². The molecule has 0 aromatic heterocycles. The fourth-order valence-electron chi connectivity index (χ4n) is 0.489. The molecule has 2 N–H and O–H groups in total. The van der Waals surface area contributed by atoms with Crippen molar-refractivity contribution in [1.29, 1.82) is 0 Å². The van der Waals surface area contributed by atoms with E-state index in [4.69, 9.17) is 10.2 Å². The largest absolute Gasteiger partial charge is 0.396 e. The minimum absolute atomic E-state index is 0.00819. The summed E-state index contributed by atoms with van der Waals surface area (Å²) in [7, 11) is 0. The molecule has 0 unspecified atom stereocenters. The standard InChI is InChI=1S/C6H10O4/c7-2-1-5(9)3-6(10)4-8/h7-8H,1-4H2. The van der Waals surface area contributed by atoms with Crippen molar-refractivity contribution in [1.82, 2.24) is 0 Å². The summed E-state index contributed by atoms with van der Waals surface area (Å²) >= 11 is 0. The molecule has 0 amide bonds. The highest BCUT2D eigenvalue weighted by Crippen LogP contribution is 1.89. The summed E-state index contributed by atoms with van der Waals surface area (Å²) in [5.41, 5.74) is 0. The van der Waals surface area contributed by atoms with Gasteiger partial charge in [-0.2, -0.15) is 0 Å². The summed E-state index contributed by atoms with van der Waals surface area (Å²) in [6.07, 6.45) is -0.275. The average Bonchev–Trinajstić information content (AvgIpc) is 1.88. The number of hydrogen-bond acceptors (Lipinski definition) is 4. The summed E-state index contributed by atoms with van der Waals surface area (Å²) in [6.45, 7) is -0.839. The molecule has 0 spiro atoms. The lowest BCUT2D eigenvalue weighted by Crippen LogP contribution is -2.11. The molecule has 0 aliphatic carbocycles. The zero-order valence-electron chi connectivity index (χ0n) is 5.54. The lowest BCUT2D eigenvalue weighted by atomic mass is 10.2. The van der Waals surface area contributed by atoms with E-state index < -0.39 is 12.4 Å². The summed E-state index contributed by atoms with van der Waals surface area (Å²) < 4.78 is 0. The van der Waals surface area contributed by atoms with Crippen LogP contribution < -0.4 is 0 Å². The molecule has 10 heavy (non-hydrogen) atoms. The normalized spacial score (nSPS) is 9.40. The lowest BCUT2D eigenvalue weighted by Gasteiger charge is -1.93. The molecular formula is C6H10O4. The number of carbonyl (C=O) groups excluding carboxylic acids is 2. The highest BCUT2D eigenvalue weighted by Gasteiger charge is 2.06. The van der Waals surface area contributed by atoms with E-state index in [2.05, 4.69) is 0 Å². The first-order valence-corrected chi connectivity index (χ1v) is 2.95. The van der Waals surface area contributed by atoms with Crippen molar-refractivity contribution in [2.45, 2.75) is 12.8 Å². The third-order valence-electron chi connectivity index (χ3n) is 0.961.